The van der Waals surface area contributed by atoms with Gasteiger partial charge in [0.1, 0.15) is 11.6 Å². The number of carbonyl (C=O) groups excluding carboxylic acids is 1. The highest BCUT2D eigenvalue weighted by molar-refractivity contribution is 6.31. The molecule has 180 valence electrons. The molecule has 3 heterocycles. The Kier molecular flexibility index (Phi) is 6.37. The number of hydrogen-bond donors (Lipinski definition) is 2. The normalized spacial score (nSPS) is 15.8. The van der Waals surface area contributed by atoms with Crippen molar-refractivity contribution in [2.24, 2.45) is 0 Å². The van der Waals surface area contributed by atoms with Crippen molar-refractivity contribution >= 4 is 34.5 Å². The lowest BCUT2D eigenvalue weighted by atomic mass is 9.97. The highest BCUT2D eigenvalue weighted by atomic mass is 35.5. The summed E-state index contributed by atoms with van der Waals surface area (Å²) >= 11 is 6.30. The van der Waals surface area contributed by atoms with Gasteiger partial charge in [-0.1, -0.05) is 47.1 Å². The molecule has 0 radical (unpaired) electrons. The molecule has 35 heavy (non-hydrogen) atoms. The Morgan fingerprint density at radius 2 is 2.03 bits per heavy atom. The second kappa shape index (κ2) is 9.75. The SMILES string of the molecule is COc1ccccc1NC(=O)N1CCC[C@H](c2nc3c(nnn3Cc3ccccc3Cl)c(=O)[nH]2)C1. The van der Waals surface area contributed by atoms with Crippen LogP contribution in [0.3, 0.4) is 0 Å². The second-order valence-corrected chi connectivity index (χ2v) is 8.78. The Morgan fingerprint density at radius 3 is 2.86 bits per heavy atom. The number of benzene rings is 2. The topological polar surface area (TPSA) is 118 Å². The van der Waals surface area contributed by atoms with Crippen LogP contribution in [0.2, 0.25) is 5.02 Å². The molecule has 0 spiro atoms. The van der Waals surface area contributed by atoms with Gasteiger partial charge < -0.3 is 19.9 Å². The zero-order chi connectivity index (χ0) is 24.4. The number of methoxy groups -OCH3 is 1. The Hall–Kier alpha value is -3.92. The van der Waals surface area contributed by atoms with Gasteiger partial charge in [0.25, 0.3) is 5.56 Å². The van der Waals surface area contributed by atoms with E-state index in [0.717, 1.165) is 18.4 Å². The van der Waals surface area contributed by atoms with E-state index in [4.69, 9.17) is 21.3 Å². The molecular formula is C24H24ClN7O3. The first kappa shape index (κ1) is 22.9. The van der Waals surface area contributed by atoms with E-state index in [-0.39, 0.29) is 23.0 Å². The van der Waals surface area contributed by atoms with E-state index in [0.29, 0.717) is 47.6 Å². The monoisotopic (exact) mass is 493 g/mol. The fourth-order valence-corrected chi connectivity index (χ4v) is 4.49. The fraction of sp³-hybridized carbons (Fsp3) is 0.292. The lowest BCUT2D eigenvalue weighted by Gasteiger charge is -2.32. The minimum absolute atomic E-state index is 0.132. The van der Waals surface area contributed by atoms with Crippen LogP contribution < -0.4 is 15.6 Å². The van der Waals surface area contributed by atoms with Gasteiger partial charge in [0.05, 0.1) is 19.3 Å². The first-order valence-electron chi connectivity index (χ1n) is 11.3. The Balaban J connectivity index is 1.38. The third-order valence-corrected chi connectivity index (χ3v) is 6.48. The predicted octanol–water partition coefficient (Wildman–Crippen LogP) is 3.64. The quantitative estimate of drug-likeness (QED) is 0.438. The van der Waals surface area contributed by atoms with Crippen molar-refractivity contribution in [3.05, 3.63) is 75.3 Å². The van der Waals surface area contributed by atoms with E-state index in [2.05, 4.69) is 20.6 Å². The van der Waals surface area contributed by atoms with E-state index in [1.54, 1.807) is 34.9 Å². The zero-order valence-electron chi connectivity index (χ0n) is 19.1. The summed E-state index contributed by atoms with van der Waals surface area (Å²) in [4.78, 5) is 35.0. The van der Waals surface area contributed by atoms with Crippen LogP contribution in [-0.2, 0) is 6.54 Å². The Labute approximate surface area is 205 Å². The third kappa shape index (κ3) is 4.69. The van der Waals surface area contributed by atoms with Crippen molar-refractivity contribution in [1.29, 1.82) is 0 Å². The molecule has 0 saturated carbocycles. The summed E-state index contributed by atoms with van der Waals surface area (Å²) in [5.41, 5.74) is 1.65. The number of piperidine rings is 1. The first-order chi connectivity index (χ1) is 17.0. The van der Waals surface area contributed by atoms with Gasteiger partial charge in [-0.2, -0.15) is 0 Å². The number of aromatic nitrogens is 5. The molecule has 5 rings (SSSR count). The van der Waals surface area contributed by atoms with Crippen LogP contribution in [0.15, 0.2) is 53.3 Å². The number of carbonyl (C=O) groups is 1. The van der Waals surface area contributed by atoms with Crippen molar-refractivity contribution in [2.45, 2.75) is 25.3 Å². The number of fused-ring (bicyclic) bond motifs is 1. The largest absolute Gasteiger partial charge is 0.495 e. The van der Waals surface area contributed by atoms with E-state index >= 15 is 0 Å². The smallest absolute Gasteiger partial charge is 0.321 e. The number of ether oxygens (including phenoxy) is 1. The van der Waals surface area contributed by atoms with Gasteiger partial charge in [-0.15, -0.1) is 5.10 Å². The summed E-state index contributed by atoms with van der Waals surface area (Å²) in [7, 11) is 1.56. The van der Waals surface area contributed by atoms with Gasteiger partial charge in [-0.3, -0.25) is 4.79 Å². The van der Waals surface area contributed by atoms with Crippen LogP contribution >= 0.6 is 11.6 Å². The average molecular weight is 494 g/mol. The summed E-state index contributed by atoms with van der Waals surface area (Å²) in [5, 5.41) is 11.7. The summed E-state index contributed by atoms with van der Waals surface area (Å²) < 4.78 is 6.90. The molecular weight excluding hydrogens is 470 g/mol. The maximum Gasteiger partial charge on any atom is 0.321 e. The molecule has 1 saturated heterocycles. The molecule has 0 bridgehead atoms. The number of urea groups is 1. The van der Waals surface area contributed by atoms with Gasteiger partial charge in [0, 0.05) is 24.0 Å². The standard InChI is InChI=1S/C24H24ClN7O3/c1-35-19-11-5-4-10-18(19)26-24(34)31-12-6-8-16(13-31)21-27-22-20(23(33)28-21)29-30-32(22)14-15-7-2-3-9-17(15)25/h2-5,7,9-11,16H,6,8,12-14H2,1H3,(H,26,34)(H,27,28,33)/t16-/m0/s1. The van der Waals surface area contributed by atoms with E-state index in [1.165, 1.54) is 0 Å². The number of para-hydroxylation sites is 2. The van der Waals surface area contributed by atoms with Crippen LogP contribution in [0.5, 0.6) is 5.75 Å². The molecule has 2 N–H and O–H groups in total. The highest BCUT2D eigenvalue weighted by Gasteiger charge is 2.28. The molecule has 1 aliphatic rings. The molecule has 0 aliphatic carbocycles. The molecule has 0 unspecified atom stereocenters. The number of anilines is 1. The predicted molar refractivity (Wildman–Crippen MR) is 132 cm³/mol. The zero-order valence-corrected chi connectivity index (χ0v) is 19.8. The van der Waals surface area contributed by atoms with Crippen molar-refractivity contribution in [3.8, 4) is 5.75 Å². The molecule has 1 atom stereocenters. The minimum Gasteiger partial charge on any atom is -0.495 e. The molecule has 1 aliphatic heterocycles. The van der Waals surface area contributed by atoms with E-state index < -0.39 is 0 Å². The average Bonchev–Trinajstić information content (AvgIpc) is 3.29. The summed E-state index contributed by atoms with van der Waals surface area (Å²) in [5.74, 6) is 0.970. The molecule has 10 nitrogen and oxygen atoms in total. The van der Waals surface area contributed by atoms with Crippen molar-refractivity contribution in [1.82, 2.24) is 29.9 Å². The fourth-order valence-electron chi connectivity index (χ4n) is 4.30. The van der Waals surface area contributed by atoms with Crippen molar-refractivity contribution in [2.75, 3.05) is 25.5 Å². The van der Waals surface area contributed by atoms with Gasteiger partial charge in [0.2, 0.25) is 0 Å². The second-order valence-electron chi connectivity index (χ2n) is 8.38. The van der Waals surface area contributed by atoms with Crippen molar-refractivity contribution < 1.29 is 9.53 Å². The summed E-state index contributed by atoms with van der Waals surface area (Å²) in [6.45, 7) is 1.36. The van der Waals surface area contributed by atoms with E-state index in [1.807, 2.05) is 30.3 Å². The van der Waals surface area contributed by atoms with Crippen LogP contribution in [-0.4, -0.2) is 56.1 Å². The van der Waals surface area contributed by atoms with Crippen LogP contribution in [0.1, 0.15) is 30.1 Å². The van der Waals surface area contributed by atoms with Crippen LogP contribution in [0.4, 0.5) is 10.5 Å². The molecule has 2 aromatic heterocycles. The number of nitrogens with one attached hydrogen (secondary N) is 2. The van der Waals surface area contributed by atoms with Gasteiger partial charge in [-0.25, -0.2) is 14.5 Å². The van der Waals surface area contributed by atoms with Gasteiger partial charge >= 0.3 is 6.03 Å². The lowest BCUT2D eigenvalue weighted by Crippen LogP contribution is -2.42. The lowest BCUT2D eigenvalue weighted by molar-refractivity contribution is 0.191. The van der Waals surface area contributed by atoms with Gasteiger partial charge in [-0.05, 0) is 36.6 Å². The van der Waals surface area contributed by atoms with E-state index in [9.17, 15) is 9.59 Å². The Morgan fingerprint density at radius 1 is 1.23 bits per heavy atom. The third-order valence-electron chi connectivity index (χ3n) is 6.11. The van der Waals surface area contributed by atoms with Crippen LogP contribution in [0, 0.1) is 0 Å². The number of nitrogens with zero attached hydrogens (tertiary/aromatic N) is 5. The first-order valence-corrected chi connectivity index (χ1v) is 11.7. The molecule has 2 amide bonds. The molecule has 1 fully saturated rings. The number of rotatable bonds is 5. The number of likely N-dealkylation sites (tertiary alicyclic amines) is 1. The summed E-state index contributed by atoms with van der Waals surface area (Å²) in [6, 6.07) is 14.5. The highest BCUT2D eigenvalue weighted by Crippen LogP contribution is 2.27. The van der Waals surface area contributed by atoms with Gasteiger partial charge in [0.15, 0.2) is 11.2 Å². The maximum atomic E-state index is 13.0. The number of aromatic amines is 1. The number of H-pyrrole nitrogens is 1. The number of hydrogen-bond acceptors (Lipinski definition) is 6. The molecule has 11 heteroatoms. The number of amides is 2. The van der Waals surface area contributed by atoms with Crippen molar-refractivity contribution in [3.63, 3.8) is 0 Å². The Bertz CT molecular complexity index is 1430. The maximum absolute atomic E-state index is 13.0. The molecule has 4 aromatic rings. The molecule has 2 aromatic carbocycles. The number of halogens is 1. The summed E-state index contributed by atoms with van der Waals surface area (Å²) in [6.07, 6.45) is 1.57. The minimum atomic E-state index is -0.356. The van der Waals surface area contributed by atoms with Crippen LogP contribution in [0.25, 0.3) is 11.2 Å².